The molecule has 3 nitrogen and oxygen atoms in total. The van der Waals surface area contributed by atoms with E-state index in [-0.39, 0.29) is 41.3 Å². The third-order valence-corrected chi connectivity index (χ3v) is 1.52. The molecule has 1 rings (SSSR count). The van der Waals surface area contributed by atoms with Gasteiger partial charge in [-0.05, 0) is 19.4 Å². The van der Waals surface area contributed by atoms with Crippen LogP contribution >= 0.6 is 24.8 Å². The van der Waals surface area contributed by atoms with Crippen molar-refractivity contribution in [2.45, 2.75) is 19.4 Å². The second-order valence-electron chi connectivity index (χ2n) is 3.09. The van der Waals surface area contributed by atoms with Gasteiger partial charge in [-0.25, -0.2) is 0 Å². The van der Waals surface area contributed by atoms with Crippen LogP contribution in [0, 0.1) is 0 Å². The Labute approximate surface area is 97.1 Å². The quantitative estimate of drug-likeness (QED) is 0.786. The summed E-state index contributed by atoms with van der Waals surface area (Å²) in [5.74, 6) is 0. The van der Waals surface area contributed by atoms with Gasteiger partial charge in [-0.1, -0.05) is 30.3 Å². The van der Waals surface area contributed by atoms with Gasteiger partial charge in [-0.3, -0.25) is 0 Å². The van der Waals surface area contributed by atoms with Crippen LogP contribution in [-0.4, -0.2) is 11.0 Å². The molecule has 0 heterocycles. The molecule has 0 bridgehead atoms. The Morgan fingerprint density at radius 2 is 1.29 bits per heavy atom. The van der Waals surface area contributed by atoms with Crippen molar-refractivity contribution in [2.75, 3.05) is 0 Å². The van der Waals surface area contributed by atoms with E-state index in [2.05, 4.69) is 0 Å². The zero-order chi connectivity index (χ0) is 7.61. The summed E-state index contributed by atoms with van der Waals surface area (Å²) in [7, 11) is 0. The van der Waals surface area contributed by atoms with Crippen LogP contribution in [-0.2, 0) is 5.54 Å². The third-order valence-electron chi connectivity index (χ3n) is 1.52. The van der Waals surface area contributed by atoms with Crippen molar-refractivity contribution >= 4 is 24.8 Å². The lowest BCUT2D eigenvalue weighted by atomic mass is 9.96. The lowest BCUT2D eigenvalue weighted by Crippen LogP contribution is -2.28. The van der Waals surface area contributed by atoms with Gasteiger partial charge in [0.25, 0.3) is 0 Å². The summed E-state index contributed by atoms with van der Waals surface area (Å²) in [5.41, 5.74) is 6.83. The highest BCUT2D eigenvalue weighted by molar-refractivity contribution is 5.85. The van der Waals surface area contributed by atoms with E-state index >= 15 is 0 Å². The number of benzene rings is 1. The highest BCUT2D eigenvalue weighted by Crippen LogP contribution is 2.14. The van der Waals surface area contributed by atoms with Crippen LogP contribution in [0.2, 0.25) is 0 Å². The molecule has 86 valence electrons. The van der Waals surface area contributed by atoms with Crippen molar-refractivity contribution in [3.63, 3.8) is 0 Å². The fourth-order valence-corrected chi connectivity index (χ4v) is 0.868. The Bertz CT molecular complexity index is 212. The van der Waals surface area contributed by atoms with E-state index < -0.39 is 0 Å². The average molecular weight is 244 g/mol. The highest BCUT2D eigenvalue weighted by atomic mass is 35.5. The zero-order valence-corrected chi connectivity index (χ0v) is 9.91. The van der Waals surface area contributed by atoms with Gasteiger partial charge in [0.2, 0.25) is 0 Å². The molecule has 0 unspecified atom stereocenters. The van der Waals surface area contributed by atoms with E-state index in [9.17, 15) is 0 Å². The van der Waals surface area contributed by atoms with E-state index in [1.54, 1.807) is 0 Å². The number of halogens is 2. The molecule has 0 aliphatic heterocycles. The van der Waals surface area contributed by atoms with Crippen molar-refractivity contribution in [1.82, 2.24) is 0 Å². The van der Waals surface area contributed by atoms with Crippen molar-refractivity contribution in [3.8, 4) is 0 Å². The Hall–Kier alpha value is -0.320. The lowest BCUT2D eigenvalue weighted by molar-refractivity contribution is 0.554. The fraction of sp³-hybridized carbons (Fsp3) is 0.333. The number of hydrogen-bond acceptors (Lipinski definition) is 1. The summed E-state index contributed by atoms with van der Waals surface area (Å²) in [4.78, 5) is 0. The number of hydrogen-bond donors (Lipinski definition) is 1. The maximum atomic E-state index is 5.86. The highest BCUT2D eigenvalue weighted by Gasteiger charge is 2.11. The van der Waals surface area contributed by atoms with Gasteiger partial charge in [-0.15, -0.1) is 24.8 Å². The summed E-state index contributed by atoms with van der Waals surface area (Å²) >= 11 is 0. The lowest BCUT2D eigenvalue weighted by Gasteiger charge is -2.18. The molecule has 0 atom stereocenters. The maximum Gasteiger partial charge on any atom is 0.0352 e. The molecule has 0 amide bonds. The summed E-state index contributed by atoms with van der Waals surface area (Å²) in [6, 6.07) is 10.1. The molecule has 0 aliphatic rings. The van der Waals surface area contributed by atoms with Gasteiger partial charge in [0.05, 0.1) is 0 Å². The fourth-order valence-electron chi connectivity index (χ4n) is 0.868. The van der Waals surface area contributed by atoms with Gasteiger partial charge < -0.3 is 16.7 Å². The second-order valence-corrected chi connectivity index (χ2v) is 3.09. The molecular weight excluding hydrogens is 225 g/mol. The first-order chi connectivity index (χ1) is 4.61. The van der Waals surface area contributed by atoms with Gasteiger partial charge >= 0.3 is 0 Å². The van der Waals surface area contributed by atoms with Gasteiger partial charge in [0.1, 0.15) is 0 Å². The monoisotopic (exact) mass is 243 g/mol. The Morgan fingerprint density at radius 3 is 1.50 bits per heavy atom. The van der Waals surface area contributed by atoms with Crippen molar-refractivity contribution < 1.29 is 11.0 Å². The molecule has 0 radical (unpaired) electrons. The Balaban J connectivity index is -0.000000125. The first kappa shape index (κ1) is 23.5. The maximum absolute atomic E-state index is 5.86. The Morgan fingerprint density at radius 1 is 0.929 bits per heavy atom. The predicted octanol–water partition coefficient (Wildman–Crippen LogP) is 1.07. The van der Waals surface area contributed by atoms with Gasteiger partial charge in [0, 0.05) is 5.54 Å². The summed E-state index contributed by atoms with van der Waals surface area (Å²) in [6.07, 6.45) is 0. The topological polar surface area (TPSA) is 89.0 Å². The largest absolute Gasteiger partial charge is 0.412 e. The summed E-state index contributed by atoms with van der Waals surface area (Å²) in [5, 5.41) is 0. The van der Waals surface area contributed by atoms with E-state index in [4.69, 9.17) is 5.73 Å². The number of rotatable bonds is 1. The van der Waals surface area contributed by atoms with E-state index in [0.717, 1.165) is 0 Å². The normalized spacial score (nSPS) is 8.21. The molecule has 0 saturated carbocycles. The SMILES string of the molecule is CC(C)(N)c1ccccc1.Cl.Cl.O.O. The average Bonchev–Trinajstić information content (AvgIpc) is 1.88. The third kappa shape index (κ3) is 7.12. The predicted molar refractivity (Wildman–Crippen MR) is 65.4 cm³/mol. The van der Waals surface area contributed by atoms with Crippen LogP contribution in [0.25, 0.3) is 0 Å². The van der Waals surface area contributed by atoms with Crippen LogP contribution in [0.5, 0.6) is 0 Å². The van der Waals surface area contributed by atoms with Crippen LogP contribution in [0.15, 0.2) is 30.3 Å². The van der Waals surface area contributed by atoms with E-state index in [1.807, 2.05) is 44.2 Å². The smallest absolute Gasteiger partial charge is 0.0352 e. The molecule has 14 heavy (non-hydrogen) atoms. The van der Waals surface area contributed by atoms with E-state index in [0.29, 0.717) is 0 Å². The molecule has 0 fully saturated rings. The molecule has 0 saturated heterocycles. The van der Waals surface area contributed by atoms with E-state index in [1.165, 1.54) is 5.56 Å². The second kappa shape index (κ2) is 9.24. The summed E-state index contributed by atoms with van der Waals surface area (Å²) < 4.78 is 0. The minimum atomic E-state index is -0.207. The van der Waals surface area contributed by atoms with Crippen LogP contribution < -0.4 is 5.73 Å². The number of nitrogens with two attached hydrogens (primary N) is 1. The minimum absolute atomic E-state index is 0. The summed E-state index contributed by atoms with van der Waals surface area (Å²) in [6.45, 7) is 4.00. The van der Waals surface area contributed by atoms with Crippen molar-refractivity contribution in [3.05, 3.63) is 35.9 Å². The molecule has 1 aromatic carbocycles. The van der Waals surface area contributed by atoms with Gasteiger partial charge in [-0.2, -0.15) is 0 Å². The molecule has 0 aromatic heterocycles. The first-order valence-electron chi connectivity index (χ1n) is 3.45. The van der Waals surface area contributed by atoms with Crippen LogP contribution in [0.3, 0.4) is 0 Å². The van der Waals surface area contributed by atoms with Crippen LogP contribution in [0.1, 0.15) is 19.4 Å². The zero-order valence-electron chi connectivity index (χ0n) is 8.28. The van der Waals surface area contributed by atoms with Crippen molar-refractivity contribution in [2.24, 2.45) is 5.73 Å². The molecule has 0 spiro atoms. The molecular formula is C9H19Cl2NO2. The van der Waals surface area contributed by atoms with Crippen LogP contribution in [0.4, 0.5) is 0 Å². The first-order valence-corrected chi connectivity index (χ1v) is 3.45. The van der Waals surface area contributed by atoms with Crippen molar-refractivity contribution in [1.29, 1.82) is 0 Å². The molecule has 5 heteroatoms. The standard InChI is InChI=1S/C9H13N.2ClH.2H2O/c1-9(2,10)8-6-4-3-5-7-8;;;;/h3-7H,10H2,1-2H3;2*1H;2*1H2. The van der Waals surface area contributed by atoms with Gasteiger partial charge in [0.15, 0.2) is 0 Å². The molecule has 0 aliphatic carbocycles. The minimum Gasteiger partial charge on any atom is -0.412 e. The molecule has 6 N–H and O–H groups in total. The Kier molecular flexibility index (Phi) is 15.5. The molecule has 1 aromatic rings.